The fourth-order valence-corrected chi connectivity index (χ4v) is 15.5. The van der Waals surface area contributed by atoms with Crippen LogP contribution in [-0.4, -0.2) is 96.7 Å². The predicted molar refractivity (Wildman–Crippen MR) is 446 cm³/mol. The second kappa shape index (κ2) is 80.3. The number of carbonyl (C=O) groups is 4. The molecule has 0 aliphatic heterocycles. The number of phosphoric ester groups is 2. The van der Waals surface area contributed by atoms with E-state index < -0.39 is 97.5 Å². The summed E-state index contributed by atoms with van der Waals surface area (Å²) in [5, 5.41) is 10.7. The number of hydrogen-bond donors (Lipinski definition) is 3. The number of rotatable bonds is 88. The van der Waals surface area contributed by atoms with E-state index in [-0.39, 0.29) is 25.7 Å². The molecule has 0 radical (unpaired) electrons. The van der Waals surface area contributed by atoms with Crippen LogP contribution in [0, 0.1) is 11.8 Å². The summed E-state index contributed by atoms with van der Waals surface area (Å²) in [5.41, 5.74) is 0. The molecule has 0 spiro atoms. The van der Waals surface area contributed by atoms with Crippen molar-refractivity contribution < 1.29 is 80.2 Å². The predicted octanol–water partition coefficient (Wildman–Crippen LogP) is 27.4. The number of aliphatic hydroxyl groups excluding tert-OH is 1. The first-order valence-corrected chi connectivity index (χ1v) is 49.0. The van der Waals surface area contributed by atoms with Gasteiger partial charge in [-0.25, -0.2) is 9.13 Å². The molecule has 0 fully saturated rings. The van der Waals surface area contributed by atoms with E-state index in [1.165, 1.54) is 295 Å². The first-order chi connectivity index (χ1) is 52.4. The van der Waals surface area contributed by atoms with E-state index in [0.29, 0.717) is 25.7 Å². The van der Waals surface area contributed by atoms with Crippen molar-refractivity contribution in [2.75, 3.05) is 39.6 Å². The summed E-state index contributed by atoms with van der Waals surface area (Å²) in [6.45, 7) is 9.73. The van der Waals surface area contributed by atoms with Crippen LogP contribution in [0.5, 0.6) is 0 Å². The van der Waals surface area contributed by atoms with Crippen LogP contribution in [0.25, 0.3) is 0 Å². The quantitative estimate of drug-likeness (QED) is 0.0222. The van der Waals surface area contributed by atoms with Gasteiger partial charge in [0.1, 0.15) is 19.3 Å². The van der Waals surface area contributed by atoms with Crippen molar-refractivity contribution >= 4 is 39.5 Å². The molecule has 0 aromatic carbocycles. The summed E-state index contributed by atoms with van der Waals surface area (Å²) in [6, 6.07) is 0. The van der Waals surface area contributed by atoms with Crippen molar-refractivity contribution in [2.45, 2.75) is 496 Å². The molecule has 108 heavy (non-hydrogen) atoms. The Balaban J connectivity index is 5.25. The Kier molecular flexibility index (Phi) is 78.8. The lowest BCUT2D eigenvalue weighted by Gasteiger charge is -2.21. The topological polar surface area (TPSA) is 237 Å². The molecular formula is C89H174O17P2. The van der Waals surface area contributed by atoms with E-state index in [2.05, 4.69) is 41.5 Å². The maximum Gasteiger partial charge on any atom is 0.472 e. The number of esters is 4. The van der Waals surface area contributed by atoms with Crippen molar-refractivity contribution in [3.8, 4) is 0 Å². The first-order valence-electron chi connectivity index (χ1n) is 46.0. The summed E-state index contributed by atoms with van der Waals surface area (Å²) in [4.78, 5) is 73.4. The number of aliphatic hydroxyl groups is 1. The van der Waals surface area contributed by atoms with Gasteiger partial charge >= 0.3 is 39.5 Å². The molecule has 0 saturated heterocycles. The van der Waals surface area contributed by atoms with Crippen LogP contribution >= 0.6 is 15.6 Å². The molecular weight excluding hydrogens is 1400 g/mol. The second-order valence-corrected chi connectivity index (χ2v) is 35.8. The van der Waals surface area contributed by atoms with Crippen LogP contribution in [0.3, 0.4) is 0 Å². The van der Waals surface area contributed by atoms with Crippen molar-refractivity contribution in [3.05, 3.63) is 0 Å². The Morgan fingerprint density at radius 3 is 0.630 bits per heavy atom. The molecule has 0 aliphatic rings. The highest BCUT2D eigenvalue weighted by Gasteiger charge is 2.31. The van der Waals surface area contributed by atoms with E-state index in [0.717, 1.165) is 102 Å². The minimum Gasteiger partial charge on any atom is -0.462 e. The van der Waals surface area contributed by atoms with Gasteiger partial charge in [0.25, 0.3) is 0 Å². The van der Waals surface area contributed by atoms with E-state index >= 15 is 0 Å². The second-order valence-electron chi connectivity index (χ2n) is 32.9. The largest absolute Gasteiger partial charge is 0.472 e. The average molecular weight is 1580 g/mol. The molecule has 2 unspecified atom stereocenters. The highest BCUT2D eigenvalue weighted by Crippen LogP contribution is 2.45. The maximum atomic E-state index is 13.2. The Hall–Kier alpha value is -1.94. The summed E-state index contributed by atoms with van der Waals surface area (Å²) in [5.74, 6) is -0.511. The van der Waals surface area contributed by atoms with Crippen LogP contribution in [-0.2, 0) is 65.4 Å². The molecule has 642 valence electrons. The zero-order valence-electron chi connectivity index (χ0n) is 71.2. The van der Waals surface area contributed by atoms with Crippen molar-refractivity contribution in [1.82, 2.24) is 0 Å². The Morgan fingerprint density at radius 2 is 0.426 bits per heavy atom. The molecule has 5 atom stereocenters. The Bertz CT molecular complexity index is 2060. The summed E-state index contributed by atoms with van der Waals surface area (Å²) < 4.78 is 69.0. The van der Waals surface area contributed by atoms with E-state index in [1.54, 1.807) is 0 Å². The van der Waals surface area contributed by atoms with E-state index in [4.69, 9.17) is 37.0 Å². The molecule has 19 heteroatoms. The smallest absolute Gasteiger partial charge is 0.462 e. The van der Waals surface area contributed by atoms with Gasteiger partial charge in [-0.1, -0.05) is 427 Å². The molecule has 0 saturated carbocycles. The molecule has 0 bridgehead atoms. The summed E-state index contributed by atoms with van der Waals surface area (Å²) in [6.07, 6.45) is 73.6. The van der Waals surface area contributed by atoms with Gasteiger partial charge in [0.2, 0.25) is 0 Å². The van der Waals surface area contributed by atoms with Crippen LogP contribution in [0.15, 0.2) is 0 Å². The highest BCUT2D eigenvalue weighted by atomic mass is 31.2. The Labute approximate surface area is 664 Å². The fraction of sp³-hybridized carbons (Fsp3) is 0.955. The van der Waals surface area contributed by atoms with Crippen LogP contribution in [0.4, 0.5) is 0 Å². The first kappa shape index (κ1) is 106. The number of unbranched alkanes of at least 4 members (excludes halogenated alkanes) is 58. The van der Waals surface area contributed by atoms with Crippen molar-refractivity contribution in [1.29, 1.82) is 0 Å². The normalized spacial score (nSPS) is 13.8. The highest BCUT2D eigenvalue weighted by molar-refractivity contribution is 7.47. The number of hydrogen-bond acceptors (Lipinski definition) is 15. The van der Waals surface area contributed by atoms with Gasteiger partial charge in [-0.05, 0) is 37.5 Å². The van der Waals surface area contributed by atoms with E-state index in [1.807, 2.05) is 0 Å². The van der Waals surface area contributed by atoms with Crippen LogP contribution in [0.1, 0.15) is 478 Å². The third kappa shape index (κ3) is 82.1. The Morgan fingerprint density at radius 1 is 0.250 bits per heavy atom. The van der Waals surface area contributed by atoms with Crippen molar-refractivity contribution in [3.63, 3.8) is 0 Å². The lowest BCUT2D eigenvalue weighted by atomic mass is 10.0. The van der Waals surface area contributed by atoms with Gasteiger partial charge in [0, 0.05) is 25.7 Å². The maximum absolute atomic E-state index is 13.2. The van der Waals surface area contributed by atoms with Crippen LogP contribution < -0.4 is 0 Å². The lowest BCUT2D eigenvalue weighted by Crippen LogP contribution is -2.30. The zero-order valence-corrected chi connectivity index (χ0v) is 73.0. The van der Waals surface area contributed by atoms with Gasteiger partial charge in [-0.15, -0.1) is 0 Å². The molecule has 0 amide bonds. The van der Waals surface area contributed by atoms with Gasteiger partial charge in [0.15, 0.2) is 12.2 Å². The number of carbonyl (C=O) groups excluding carboxylic acids is 4. The standard InChI is InChI=1S/C89H174O17P2/c1-7-9-11-13-15-17-19-21-22-23-24-25-26-27-28-29-37-43-49-55-61-67-73-88(93)105-85(78-100-87(92)72-66-60-54-48-42-36-31-30-34-39-45-51-57-63-69-81(3)4)80-104-108(97,98)102-76-83(90)75-101-107(95,96)103-79-84(77-99-86(91)71-65-59-53-47-41-33-20-18-16-14-12-10-8-2)106-89(94)74-68-62-56-50-44-38-32-35-40-46-52-58-64-70-82(5)6/h81-85,90H,7-80H2,1-6H3,(H,95,96)(H,97,98)/t83-,84+,85+/m0/s1. The van der Waals surface area contributed by atoms with Gasteiger partial charge < -0.3 is 33.8 Å². The average Bonchev–Trinajstić information content (AvgIpc) is 0.898. The number of ether oxygens (including phenoxy) is 4. The lowest BCUT2D eigenvalue weighted by molar-refractivity contribution is -0.161. The fourth-order valence-electron chi connectivity index (χ4n) is 14.0. The molecule has 17 nitrogen and oxygen atoms in total. The molecule has 3 N–H and O–H groups in total. The summed E-state index contributed by atoms with van der Waals surface area (Å²) >= 11 is 0. The molecule has 0 rings (SSSR count). The molecule has 0 aliphatic carbocycles. The van der Waals surface area contributed by atoms with Gasteiger partial charge in [-0.3, -0.25) is 37.3 Å². The van der Waals surface area contributed by atoms with E-state index in [9.17, 15) is 43.2 Å². The monoisotopic (exact) mass is 1580 g/mol. The third-order valence-corrected chi connectivity index (χ3v) is 22.9. The van der Waals surface area contributed by atoms with Gasteiger partial charge in [-0.2, -0.15) is 0 Å². The third-order valence-electron chi connectivity index (χ3n) is 21.0. The molecule has 0 heterocycles. The summed E-state index contributed by atoms with van der Waals surface area (Å²) in [7, 11) is -9.93. The van der Waals surface area contributed by atoms with Crippen molar-refractivity contribution in [2.24, 2.45) is 11.8 Å². The molecule has 0 aromatic rings. The SMILES string of the molecule is CCCCCCCCCCCCCCCCCCCCCCCCC(=O)O[C@H](COC(=O)CCCCCCCCCCCCCCCCC(C)C)COP(=O)(O)OC[C@@H](O)COP(=O)(O)OC[C@@H](COC(=O)CCCCCCCCCCCCCCC)OC(=O)CCCCCCCCCCCCCCCC(C)C. The van der Waals surface area contributed by atoms with Crippen LogP contribution in [0.2, 0.25) is 0 Å². The zero-order chi connectivity index (χ0) is 79.2. The minimum absolute atomic E-state index is 0.108. The van der Waals surface area contributed by atoms with Gasteiger partial charge in [0.05, 0.1) is 26.4 Å². The molecule has 0 aromatic heterocycles. The number of phosphoric acid groups is 2. The minimum atomic E-state index is -4.97.